The molecule has 206 valence electrons. The molecule has 0 radical (unpaired) electrons. The number of hydrogen-bond donors (Lipinski definition) is 0. The smallest absolute Gasteiger partial charge is 0.434 e. The van der Waals surface area contributed by atoms with E-state index in [1.165, 1.54) is 0 Å². The van der Waals surface area contributed by atoms with Gasteiger partial charge in [-0.15, -0.1) is 0 Å². The summed E-state index contributed by atoms with van der Waals surface area (Å²) in [5.74, 6) is 0. The molecule has 2 aliphatic heterocycles. The molecule has 0 aromatic heterocycles. The molecule has 0 unspecified atom stereocenters. The molecule has 0 aromatic rings. The Morgan fingerprint density at radius 2 is 1.17 bits per heavy atom. The zero-order valence-electron chi connectivity index (χ0n) is 24.1. The minimum atomic E-state index is -0.651. The number of ether oxygens (including phenoxy) is 6. The van der Waals surface area contributed by atoms with Crippen molar-refractivity contribution in [1.82, 2.24) is 0 Å². The summed E-state index contributed by atoms with van der Waals surface area (Å²) in [6.07, 6.45) is 3.41. The van der Waals surface area contributed by atoms with Crippen LogP contribution in [0, 0.1) is 21.7 Å². The molecule has 2 rings (SSSR count). The molecule has 0 amide bonds. The first-order valence-electron chi connectivity index (χ1n) is 13.5. The fraction of sp³-hybridized carbons (Fsp3) is 0.964. The van der Waals surface area contributed by atoms with Crippen LogP contribution in [-0.4, -0.2) is 57.4 Å². The van der Waals surface area contributed by atoms with Crippen molar-refractivity contribution in [3.8, 4) is 0 Å². The largest absolute Gasteiger partial charge is 0.508 e. The van der Waals surface area contributed by atoms with Crippen molar-refractivity contribution in [2.45, 2.75) is 120 Å². The van der Waals surface area contributed by atoms with Crippen LogP contribution in [0.25, 0.3) is 0 Å². The maximum Gasteiger partial charge on any atom is 0.508 e. The van der Waals surface area contributed by atoms with E-state index in [4.69, 9.17) is 28.4 Å². The third kappa shape index (κ3) is 7.80. The van der Waals surface area contributed by atoms with Crippen molar-refractivity contribution in [2.75, 3.05) is 33.0 Å². The molecule has 2 saturated heterocycles. The van der Waals surface area contributed by atoms with Gasteiger partial charge in [0.25, 0.3) is 0 Å². The van der Waals surface area contributed by atoms with E-state index in [0.29, 0.717) is 26.4 Å². The summed E-state index contributed by atoms with van der Waals surface area (Å²) in [6, 6.07) is 0. The summed E-state index contributed by atoms with van der Waals surface area (Å²) < 4.78 is 35.8. The third-order valence-electron chi connectivity index (χ3n) is 8.42. The number of carbonyl (C=O) groups is 1. The van der Waals surface area contributed by atoms with E-state index < -0.39 is 23.5 Å². The highest BCUT2D eigenvalue weighted by atomic mass is 16.7. The fourth-order valence-corrected chi connectivity index (χ4v) is 4.88. The monoisotopic (exact) mass is 500 g/mol. The third-order valence-corrected chi connectivity index (χ3v) is 8.42. The summed E-state index contributed by atoms with van der Waals surface area (Å²) >= 11 is 0. The predicted molar refractivity (Wildman–Crippen MR) is 136 cm³/mol. The first-order chi connectivity index (χ1) is 16.2. The molecule has 2 fully saturated rings. The Balaban J connectivity index is 1.85. The van der Waals surface area contributed by atoms with Crippen molar-refractivity contribution in [3.63, 3.8) is 0 Å². The van der Waals surface area contributed by atoms with Crippen molar-refractivity contribution in [3.05, 3.63) is 0 Å². The Bertz CT molecular complexity index is 661. The molecule has 2 heterocycles. The van der Waals surface area contributed by atoms with Crippen molar-refractivity contribution >= 4 is 6.16 Å². The summed E-state index contributed by atoms with van der Waals surface area (Å²) in [5.41, 5.74) is -1.16. The summed E-state index contributed by atoms with van der Waals surface area (Å²) in [6.45, 7) is 23.3. The van der Waals surface area contributed by atoms with Crippen molar-refractivity contribution < 1.29 is 33.2 Å². The molecule has 7 nitrogen and oxygen atoms in total. The molecule has 0 atom stereocenters. The van der Waals surface area contributed by atoms with Gasteiger partial charge < -0.3 is 28.4 Å². The topological polar surface area (TPSA) is 72.5 Å². The summed E-state index contributed by atoms with van der Waals surface area (Å²) in [4.78, 5) is 12.2. The highest BCUT2D eigenvalue weighted by Crippen LogP contribution is 2.45. The van der Waals surface area contributed by atoms with Crippen LogP contribution in [0.3, 0.4) is 0 Å². The average molecular weight is 501 g/mol. The molecule has 1 spiro atoms. The minimum Gasteiger partial charge on any atom is -0.434 e. The molecular formula is C28H52O7. The second kappa shape index (κ2) is 11.7. The van der Waals surface area contributed by atoms with E-state index in [2.05, 4.69) is 34.6 Å². The van der Waals surface area contributed by atoms with Crippen molar-refractivity contribution in [1.29, 1.82) is 0 Å². The normalized spacial score (nSPS) is 26.6. The molecule has 0 aliphatic carbocycles. The van der Waals surface area contributed by atoms with Gasteiger partial charge in [0.05, 0.1) is 37.3 Å². The van der Waals surface area contributed by atoms with Crippen LogP contribution in [0.4, 0.5) is 4.79 Å². The first-order valence-corrected chi connectivity index (χ1v) is 13.5. The van der Waals surface area contributed by atoms with Crippen LogP contribution in [0.5, 0.6) is 0 Å². The Morgan fingerprint density at radius 3 is 1.57 bits per heavy atom. The predicted octanol–water partition coefficient (Wildman–Crippen LogP) is 6.72. The van der Waals surface area contributed by atoms with E-state index >= 15 is 0 Å². The lowest BCUT2D eigenvalue weighted by Gasteiger charge is -2.49. The first kappa shape index (κ1) is 30.3. The maximum atomic E-state index is 12.2. The summed E-state index contributed by atoms with van der Waals surface area (Å²) in [7, 11) is 0. The van der Waals surface area contributed by atoms with Gasteiger partial charge in [0.1, 0.15) is 12.2 Å². The van der Waals surface area contributed by atoms with Gasteiger partial charge in [-0.05, 0) is 31.6 Å². The molecule has 0 N–H and O–H groups in total. The lowest BCUT2D eigenvalue weighted by molar-refractivity contribution is -0.337. The van der Waals surface area contributed by atoms with Crippen LogP contribution in [0.2, 0.25) is 0 Å². The average Bonchev–Trinajstić information content (AvgIpc) is 2.83. The number of rotatable bonds is 11. The highest BCUT2D eigenvalue weighted by Gasteiger charge is 2.48. The van der Waals surface area contributed by atoms with Crippen LogP contribution >= 0.6 is 0 Å². The van der Waals surface area contributed by atoms with E-state index in [1.807, 2.05) is 34.6 Å². The molecule has 0 saturated carbocycles. The molecule has 7 heteroatoms. The van der Waals surface area contributed by atoms with Gasteiger partial charge in [-0.2, -0.15) is 0 Å². The van der Waals surface area contributed by atoms with Crippen molar-refractivity contribution in [2.24, 2.45) is 21.7 Å². The number of carbonyl (C=O) groups excluding carboxylic acids is 1. The Labute approximate surface area is 213 Å². The molecular weight excluding hydrogens is 448 g/mol. The van der Waals surface area contributed by atoms with Gasteiger partial charge in [0.15, 0.2) is 12.6 Å². The van der Waals surface area contributed by atoms with E-state index in [9.17, 15) is 4.79 Å². The molecule has 35 heavy (non-hydrogen) atoms. The van der Waals surface area contributed by atoms with Gasteiger partial charge in [0, 0.05) is 5.41 Å². The second-order valence-corrected chi connectivity index (χ2v) is 12.9. The van der Waals surface area contributed by atoms with Gasteiger partial charge in [0.2, 0.25) is 0 Å². The Kier molecular flexibility index (Phi) is 10.1. The molecule has 2 aliphatic rings. The standard InChI is InChI=1S/C28H52O7/c1-11-26(9,12-2)15-24(5,6)21-30-17-28(18-31-21)19-32-22(33-20-28)25(7,8)16-34-23(29)35-27(10,13-3)14-4/h21-22H,11-20H2,1-10H3. The second-order valence-electron chi connectivity index (χ2n) is 12.9. The lowest BCUT2D eigenvalue weighted by atomic mass is 9.70. The SMILES string of the molecule is CCC(C)(CC)CC(C)(C)C1OCC2(COC(C(C)(C)COC(=O)OC(C)(CC)CC)OC2)CO1. The van der Waals surface area contributed by atoms with E-state index in [0.717, 1.165) is 32.1 Å². The zero-order chi connectivity index (χ0) is 26.5. The molecule has 0 aromatic carbocycles. The van der Waals surface area contributed by atoms with Gasteiger partial charge in [-0.3, -0.25) is 0 Å². The van der Waals surface area contributed by atoms with Crippen LogP contribution < -0.4 is 0 Å². The van der Waals surface area contributed by atoms with Gasteiger partial charge in [-0.25, -0.2) is 4.79 Å². The van der Waals surface area contributed by atoms with E-state index in [1.54, 1.807) is 0 Å². The van der Waals surface area contributed by atoms with E-state index in [-0.39, 0.29) is 29.1 Å². The van der Waals surface area contributed by atoms with Crippen LogP contribution in [0.1, 0.15) is 101 Å². The summed E-state index contributed by atoms with van der Waals surface area (Å²) in [5, 5.41) is 0. The quantitative estimate of drug-likeness (QED) is 0.292. The van der Waals surface area contributed by atoms with Gasteiger partial charge >= 0.3 is 6.16 Å². The molecule has 0 bridgehead atoms. The van der Waals surface area contributed by atoms with Crippen LogP contribution in [-0.2, 0) is 28.4 Å². The fourth-order valence-electron chi connectivity index (χ4n) is 4.88. The number of hydrogen-bond acceptors (Lipinski definition) is 7. The minimum absolute atomic E-state index is 0.0825. The lowest BCUT2D eigenvalue weighted by Crippen LogP contribution is -2.57. The highest BCUT2D eigenvalue weighted by molar-refractivity contribution is 5.60. The van der Waals surface area contributed by atoms with Crippen LogP contribution in [0.15, 0.2) is 0 Å². The Hall–Kier alpha value is -0.890. The maximum absolute atomic E-state index is 12.2. The van der Waals surface area contributed by atoms with Gasteiger partial charge in [-0.1, -0.05) is 75.2 Å². The Morgan fingerprint density at radius 1 is 0.743 bits per heavy atom. The zero-order valence-corrected chi connectivity index (χ0v) is 24.1.